The quantitative estimate of drug-likeness (QED) is 0.281. The molecule has 0 aliphatic rings. The van der Waals surface area contributed by atoms with Crippen molar-refractivity contribution in [2.75, 3.05) is 26.4 Å². The first-order valence-corrected chi connectivity index (χ1v) is 9.64. The second-order valence-electron chi connectivity index (χ2n) is 6.57. The molecule has 0 atom stereocenters. The van der Waals surface area contributed by atoms with Crippen molar-refractivity contribution < 1.29 is 33.3 Å². The van der Waals surface area contributed by atoms with E-state index in [0.29, 0.717) is 34.1 Å². The van der Waals surface area contributed by atoms with Gasteiger partial charge in [0.05, 0.1) is 0 Å². The normalized spacial score (nSPS) is 10.0. The Morgan fingerprint density at radius 3 is 1.26 bits per heavy atom. The van der Waals surface area contributed by atoms with Gasteiger partial charge in [0.25, 0.3) is 0 Å². The number of ether oxygens (including phenoxy) is 5. The molecule has 2 aromatic carbocycles. The Balaban J connectivity index is 1.72. The molecular formula is C24H26O7. The van der Waals surface area contributed by atoms with Crippen LogP contribution in [0.4, 0.5) is 0 Å². The van der Waals surface area contributed by atoms with Crippen LogP contribution in [0.15, 0.2) is 72.8 Å². The van der Waals surface area contributed by atoms with Crippen LogP contribution in [-0.4, -0.2) is 38.4 Å². The summed E-state index contributed by atoms with van der Waals surface area (Å²) in [6.07, 6.45) is 0. The van der Waals surface area contributed by atoms with E-state index in [-0.39, 0.29) is 26.4 Å². The fourth-order valence-corrected chi connectivity index (χ4v) is 2.18. The minimum atomic E-state index is -0.435. The van der Waals surface area contributed by atoms with Crippen LogP contribution in [0.3, 0.4) is 0 Å². The van der Waals surface area contributed by atoms with Gasteiger partial charge in [-0.05, 0) is 62.4 Å². The summed E-state index contributed by atoms with van der Waals surface area (Å²) in [6.45, 7) is 11.0. The van der Waals surface area contributed by atoms with Crippen LogP contribution < -0.4 is 14.2 Å². The summed E-state index contributed by atoms with van der Waals surface area (Å²) in [5, 5.41) is 0. The van der Waals surface area contributed by atoms with Crippen LogP contribution in [0.25, 0.3) is 0 Å². The maximum Gasteiger partial charge on any atom is 0.333 e. The molecule has 2 rings (SSSR count). The zero-order valence-electron chi connectivity index (χ0n) is 17.7. The largest absolute Gasteiger partial charge is 0.490 e. The average Bonchev–Trinajstić information content (AvgIpc) is 2.76. The number of hydrogen-bond donors (Lipinski definition) is 0. The molecule has 0 bridgehead atoms. The van der Waals surface area contributed by atoms with E-state index in [1.54, 1.807) is 62.4 Å². The monoisotopic (exact) mass is 426 g/mol. The molecular weight excluding hydrogens is 400 g/mol. The minimum Gasteiger partial charge on any atom is -0.490 e. The summed E-state index contributed by atoms with van der Waals surface area (Å²) in [5.74, 6) is 1.68. The summed E-state index contributed by atoms with van der Waals surface area (Å²) < 4.78 is 26.7. The van der Waals surface area contributed by atoms with E-state index >= 15 is 0 Å². The van der Waals surface area contributed by atoms with Gasteiger partial charge < -0.3 is 23.7 Å². The summed E-state index contributed by atoms with van der Waals surface area (Å²) >= 11 is 0. The summed E-state index contributed by atoms with van der Waals surface area (Å²) in [6, 6.07) is 14.1. The molecule has 0 aromatic heterocycles. The van der Waals surface area contributed by atoms with Crippen molar-refractivity contribution in [3.05, 3.63) is 72.8 Å². The van der Waals surface area contributed by atoms with Crippen molar-refractivity contribution in [3.8, 4) is 23.0 Å². The Bertz CT molecular complexity index is 823. The van der Waals surface area contributed by atoms with E-state index in [1.165, 1.54) is 0 Å². The van der Waals surface area contributed by atoms with Crippen molar-refractivity contribution >= 4 is 11.9 Å². The van der Waals surface area contributed by atoms with Gasteiger partial charge in [-0.25, -0.2) is 9.59 Å². The molecule has 7 heteroatoms. The lowest BCUT2D eigenvalue weighted by atomic mass is 10.3. The van der Waals surface area contributed by atoms with Gasteiger partial charge in [0.1, 0.15) is 49.4 Å². The van der Waals surface area contributed by atoms with Crippen LogP contribution in [-0.2, 0) is 19.1 Å². The molecule has 2 aromatic rings. The highest BCUT2D eigenvalue weighted by atomic mass is 16.6. The Labute approximate surface area is 181 Å². The van der Waals surface area contributed by atoms with Crippen LogP contribution in [0.1, 0.15) is 13.8 Å². The molecule has 164 valence electrons. The highest BCUT2D eigenvalue weighted by Gasteiger charge is 2.05. The van der Waals surface area contributed by atoms with E-state index in [0.717, 1.165) is 0 Å². The predicted molar refractivity (Wildman–Crippen MR) is 115 cm³/mol. The van der Waals surface area contributed by atoms with E-state index in [4.69, 9.17) is 23.7 Å². The van der Waals surface area contributed by atoms with Gasteiger partial charge in [0.15, 0.2) is 0 Å². The van der Waals surface area contributed by atoms with Gasteiger partial charge in [-0.15, -0.1) is 0 Å². The minimum absolute atomic E-state index is 0.148. The first kappa shape index (κ1) is 23.5. The molecule has 0 radical (unpaired) electrons. The predicted octanol–water partition coefficient (Wildman–Crippen LogP) is 4.48. The number of rotatable bonds is 12. The van der Waals surface area contributed by atoms with Crippen molar-refractivity contribution in [1.82, 2.24) is 0 Å². The molecule has 0 fully saturated rings. The smallest absolute Gasteiger partial charge is 0.333 e. The zero-order chi connectivity index (χ0) is 22.6. The Hall–Kier alpha value is -3.74. The fraction of sp³-hybridized carbons (Fsp3) is 0.250. The maximum absolute atomic E-state index is 11.3. The standard InChI is InChI=1S/C24H26O7/c1-17(2)23(25)29-15-13-27-19-5-9-21(10-6-19)31-22-11-7-20(8-12-22)28-14-16-30-24(26)18(3)4/h5-12H,1,3,13-16H2,2,4H3. The topological polar surface area (TPSA) is 80.3 Å². The summed E-state index contributed by atoms with van der Waals surface area (Å²) in [4.78, 5) is 22.6. The van der Waals surface area contributed by atoms with Crippen LogP contribution in [0.2, 0.25) is 0 Å². The summed E-state index contributed by atoms with van der Waals surface area (Å²) in [5.41, 5.74) is 0.704. The third kappa shape index (κ3) is 8.65. The third-order valence-corrected chi connectivity index (χ3v) is 3.75. The maximum atomic E-state index is 11.3. The molecule has 0 saturated heterocycles. The van der Waals surface area contributed by atoms with Crippen molar-refractivity contribution in [1.29, 1.82) is 0 Å². The fourth-order valence-electron chi connectivity index (χ4n) is 2.18. The zero-order valence-corrected chi connectivity index (χ0v) is 17.7. The highest BCUT2D eigenvalue weighted by molar-refractivity contribution is 5.87. The average molecular weight is 426 g/mol. The molecule has 0 saturated carbocycles. The van der Waals surface area contributed by atoms with E-state index < -0.39 is 11.9 Å². The van der Waals surface area contributed by atoms with Crippen molar-refractivity contribution in [3.63, 3.8) is 0 Å². The van der Waals surface area contributed by atoms with Gasteiger partial charge in [0.2, 0.25) is 0 Å². The molecule has 0 aliphatic heterocycles. The van der Waals surface area contributed by atoms with Crippen LogP contribution in [0, 0.1) is 0 Å². The molecule has 0 amide bonds. The summed E-state index contributed by atoms with van der Waals surface area (Å²) in [7, 11) is 0. The van der Waals surface area contributed by atoms with Crippen LogP contribution >= 0.6 is 0 Å². The van der Waals surface area contributed by atoms with Gasteiger partial charge in [-0.2, -0.15) is 0 Å². The highest BCUT2D eigenvalue weighted by Crippen LogP contribution is 2.25. The van der Waals surface area contributed by atoms with E-state index in [1.807, 2.05) is 0 Å². The Morgan fingerprint density at radius 1 is 0.613 bits per heavy atom. The van der Waals surface area contributed by atoms with E-state index in [9.17, 15) is 9.59 Å². The van der Waals surface area contributed by atoms with Gasteiger partial charge in [-0.3, -0.25) is 0 Å². The lowest BCUT2D eigenvalue weighted by molar-refractivity contribution is -0.140. The molecule has 7 nitrogen and oxygen atoms in total. The lowest BCUT2D eigenvalue weighted by Crippen LogP contribution is -2.12. The van der Waals surface area contributed by atoms with Gasteiger partial charge in [0, 0.05) is 11.1 Å². The number of hydrogen-bond acceptors (Lipinski definition) is 7. The van der Waals surface area contributed by atoms with Crippen LogP contribution in [0.5, 0.6) is 23.0 Å². The van der Waals surface area contributed by atoms with Crippen molar-refractivity contribution in [2.24, 2.45) is 0 Å². The number of carbonyl (C=O) groups is 2. The number of esters is 2. The first-order chi connectivity index (χ1) is 14.8. The van der Waals surface area contributed by atoms with Gasteiger partial charge in [-0.1, -0.05) is 13.2 Å². The molecule has 0 heterocycles. The molecule has 0 N–H and O–H groups in total. The second-order valence-corrected chi connectivity index (χ2v) is 6.57. The SMILES string of the molecule is C=C(C)C(=O)OCCOc1ccc(Oc2ccc(OCCOC(=O)C(=C)C)cc2)cc1. The first-order valence-electron chi connectivity index (χ1n) is 9.64. The Morgan fingerprint density at radius 2 is 0.935 bits per heavy atom. The molecule has 0 spiro atoms. The third-order valence-electron chi connectivity index (χ3n) is 3.75. The molecule has 0 unspecified atom stereocenters. The second kappa shape index (κ2) is 12.1. The number of carbonyl (C=O) groups excluding carboxylic acids is 2. The Kier molecular flexibility index (Phi) is 9.16. The van der Waals surface area contributed by atoms with Crippen molar-refractivity contribution in [2.45, 2.75) is 13.8 Å². The van der Waals surface area contributed by atoms with E-state index in [2.05, 4.69) is 13.2 Å². The molecule has 31 heavy (non-hydrogen) atoms. The van der Waals surface area contributed by atoms with Gasteiger partial charge >= 0.3 is 11.9 Å². The molecule has 0 aliphatic carbocycles. The number of benzene rings is 2. The lowest BCUT2D eigenvalue weighted by Gasteiger charge is -2.10.